The molecule has 3 rings (SSSR count). The van der Waals surface area contributed by atoms with Crippen molar-refractivity contribution in [3.05, 3.63) is 60.2 Å². The molecule has 1 N–H and O–H groups in total. The fourth-order valence-electron chi connectivity index (χ4n) is 2.64. The number of carbonyl (C=O) groups is 1. The summed E-state index contributed by atoms with van der Waals surface area (Å²) in [5, 5.41) is 3.90. The smallest absolute Gasteiger partial charge is 0.225 e. The van der Waals surface area contributed by atoms with E-state index in [2.05, 4.69) is 10.3 Å². The van der Waals surface area contributed by atoms with E-state index >= 15 is 0 Å². The Morgan fingerprint density at radius 1 is 1.00 bits per heavy atom. The second-order valence-corrected chi connectivity index (χ2v) is 5.63. The Bertz CT molecular complexity index is 893. The second-order valence-electron chi connectivity index (χ2n) is 5.63. The molecule has 0 radical (unpaired) electrons. The molecule has 0 unspecified atom stereocenters. The summed E-state index contributed by atoms with van der Waals surface area (Å²) in [7, 11) is 3.20. The number of pyridine rings is 1. The van der Waals surface area contributed by atoms with Crippen LogP contribution in [0.4, 0.5) is 5.82 Å². The van der Waals surface area contributed by atoms with Gasteiger partial charge in [-0.3, -0.25) is 4.79 Å². The summed E-state index contributed by atoms with van der Waals surface area (Å²) in [6.07, 6.45) is 0.976. The Hall–Kier alpha value is -3.08. The minimum atomic E-state index is -0.0717. The Kier molecular flexibility index (Phi) is 5.14. The van der Waals surface area contributed by atoms with Crippen LogP contribution in [0.25, 0.3) is 10.9 Å². The minimum Gasteiger partial charge on any atom is -0.493 e. The molecule has 1 heterocycles. The normalized spacial score (nSPS) is 10.5. The molecule has 0 bridgehead atoms. The number of aryl methyl sites for hydroxylation is 1. The highest BCUT2D eigenvalue weighted by Gasteiger charge is 2.08. The lowest BCUT2D eigenvalue weighted by Crippen LogP contribution is -2.13. The SMILES string of the molecule is COc1ccc(CCC(=O)Nc2ccc3ccccc3n2)cc1OC. The van der Waals surface area contributed by atoms with Gasteiger partial charge >= 0.3 is 0 Å². The van der Waals surface area contributed by atoms with Crippen LogP contribution in [0.5, 0.6) is 11.5 Å². The number of aromatic nitrogens is 1. The zero-order valence-corrected chi connectivity index (χ0v) is 14.3. The van der Waals surface area contributed by atoms with Crippen LogP contribution >= 0.6 is 0 Å². The van der Waals surface area contributed by atoms with Crippen molar-refractivity contribution in [2.45, 2.75) is 12.8 Å². The topological polar surface area (TPSA) is 60.5 Å². The van der Waals surface area contributed by atoms with Crippen LogP contribution in [0.1, 0.15) is 12.0 Å². The van der Waals surface area contributed by atoms with Gasteiger partial charge in [0.15, 0.2) is 11.5 Å². The van der Waals surface area contributed by atoms with E-state index in [9.17, 15) is 4.79 Å². The number of nitrogens with zero attached hydrogens (tertiary/aromatic N) is 1. The van der Waals surface area contributed by atoms with Gasteiger partial charge in [-0.2, -0.15) is 0 Å². The van der Waals surface area contributed by atoms with Gasteiger partial charge in [-0.25, -0.2) is 4.98 Å². The van der Waals surface area contributed by atoms with Gasteiger partial charge in [-0.1, -0.05) is 24.3 Å². The molecule has 0 saturated carbocycles. The van der Waals surface area contributed by atoms with Crippen molar-refractivity contribution in [3.8, 4) is 11.5 Å². The predicted octanol–water partition coefficient (Wildman–Crippen LogP) is 3.82. The van der Waals surface area contributed by atoms with Crippen molar-refractivity contribution < 1.29 is 14.3 Å². The van der Waals surface area contributed by atoms with Gasteiger partial charge in [-0.15, -0.1) is 0 Å². The second kappa shape index (κ2) is 7.66. The molecule has 0 spiro atoms. The summed E-state index contributed by atoms with van der Waals surface area (Å²) in [5.74, 6) is 1.83. The highest BCUT2D eigenvalue weighted by molar-refractivity contribution is 5.91. The quantitative estimate of drug-likeness (QED) is 0.743. The number of carbonyl (C=O) groups excluding carboxylic acids is 1. The largest absolute Gasteiger partial charge is 0.493 e. The van der Waals surface area contributed by atoms with Crippen molar-refractivity contribution in [3.63, 3.8) is 0 Å². The standard InChI is InChI=1S/C20H20N2O3/c1-24-17-10-7-14(13-18(17)25-2)8-12-20(23)22-19-11-9-15-5-3-4-6-16(15)21-19/h3-7,9-11,13H,8,12H2,1-2H3,(H,21,22,23). The monoisotopic (exact) mass is 336 g/mol. The molecular formula is C20H20N2O3. The third kappa shape index (κ3) is 4.07. The van der Waals surface area contributed by atoms with Crippen LogP contribution in [0.15, 0.2) is 54.6 Å². The van der Waals surface area contributed by atoms with E-state index in [0.717, 1.165) is 16.5 Å². The molecule has 3 aromatic rings. The molecule has 0 fully saturated rings. The molecule has 128 valence electrons. The molecular weight excluding hydrogens is 316 g/mol. The molecule has 2 aromatic carbocycles. The first-order chi connectivity index (χ1) is 12.2. The Balaban J connectivity index is 1.62. The van der Waals surface area contributed by atoms with Gasteiger partial charge in [0, 0.05) is 11.8 Å². The fraction of sp³-hybridized carbons (Fsp3) is 0.200. The average Bonchev–Trinajstić information content (AvgIpc) is 2.66. The number of nitrogens with one attached hydrogen (secondary N) is 1. The summed E-state index contributed by atoms with van der Waals surface area (Å²) in [5.41, 5.74) is 1.87. The summed E-state index contributed by atoms with van der Waals surface area (Å²) in [6, 6.07) is 17.2. The van der Waals surface area contributed by atoms with Gasteiger partial charge in [-0.05, 0) is 42.3 Å². The van der Waals surface area contributed by atoms with E-state index in [4.69, 9.17) is 9.47 Å². The maximum absolute atomic E-state index is 12.2. The van der Waals surface area contributed by atoms with Crippen LogP contribution in [0.3, 0.4) is 0 Å². The lowest BCUT2D eigenvalue weighted by atomic mass is 10.1. The van der Waals surface area contributed by atoms with Crippen molar-refractivity contribution in [2.24, 2.45) is 0 Å². The zero-order chi connectivity index (χ0) is 17.6. The van der Waals surface area contributed by atoms with Crippen molar-refractivity contribution in [2.75, 3.05) is 19.5 Å². The Morgan fingerprint density at radius 3 is 2.60 bits per heavy atom. The third-order valence-electron chi connectivity index (χ3n) is 3.95. The first-order valence-corrected chi connectivity index (χ1v) is 8.06. The van der Waals surface area contributed by atoms with E-state index in [1.54, 1.807) is 14.2 Å². The zero-order valence-electron chi connectivity index (χ0n) is 14.3. The molecule has 25 heavy (non-hydrogen) atoms. The number of methoxy groups -OCH3 is 2. The molecule has 0 saturated heterocycles. The first-order valence-electron chi connectivity index (χ1n) is 8.06. The number of hydrogen-bond acceptors (Lipinski definition) is 4. The van der Waals surface area contributed by atoms with Crippen LogP contribution in [0, 0.1) is 0 Å². The molecule has 0 aliphatic heterocycles. The van der Waals surface area contributed by atoms with Gasteiger partial charge < -0.3 is 14.8 Å². The van der Waals surface area contributed by atoms with E-state index in [-0.39, 0.29) is 5.91 Å². The van der Waals surface area contributed by atoms with Gasteiger partial charge in [0.05, 0.1) is 19.7 Å². The lowest BCUT2D eigenvalue weighted by molar-refractivity contribution is -0.116. The number of fused-ring (bicyclic) bond motifs is 1. The maximum atomic E-state index is 12.2. The number of para-hydroxylation sites is 1. The van der Waals surface area contributed by atoms with E-state index in [0.29, 0.717) is 30.2 Å². The lowest BCUT2D eigenvalue weighted by Gasteiger charge is -2.10. The molecule has 0 atom stereocenters. The van der Waals surface area contributed by atoms with Crippen molar-refractivity contribution in [1.29, 1.82) is 0 Å². The summed E-state index contributed by atoms with van der Waals surface area (Å²) in [4.78, 5) is 16.6. The third-order valence-corrected chi connectivity index (χ3v) is 3.95. The summed E-state index contributed by atoms with van der Waals surface area (Å²) >= 11 is 0. The number of ether oxygens (including phenoxy) is 2. The van der Waals surface area contributed by atoms with E-state index < -0.39 is 0 Å². The van der Waals surface area contributed by atoms with Crippen LogP contribution in [-0.2, 0) is 11.2 Å². The van der Waals surface area contributed by atoms with Gasteiger partial charge in [0.2, 0.25) is 5.91 Å². The highest BCUT2D eigenvalue weighted by Crippen LogP contribution is 2.28. The minimum absolute atomic E-state index is 0.0717. The molecule has 5 heteroatoms. The van der Waals surface area contributed by atoms with Crippen LogP contribution in [-0.4, -0.2) is 25.1 Å². The maximum Gasteiger partial charge on any atom is 0.225 e. The molecule has 5 nitrogen and oxygen atoms in total. The number of benzene rings is 2. The van der Waals surface area contributed by atoms with E-state index in [1.807, 2.05) is 54.6 Å². The number of rotatable bonds is 6. The highest BCUT2D eigenvalue weighted by atomic mass is 16.5. The summed E-state index contributed by atoms with van der Waals surface area (Å²) < 4.78 is 10.5. The molecule has 1 aromatic heterocycles. The van der Waals surface area contributed by atoms with Gasteiger partial charge in [0.1, 0.15) is 5.82 Å². The van der Waals surface area contributed by atoms with E-state index in [1.165, 1.54) is 0 Å². The van der Waals surface area contributed by atoms with Crippen molar-refractivity contribution >= 4 is 22.6 Å². The van der Waals surface area contributed by atoms with Crippen LogP contribution in [0.2, 0.25) is 0 Å². The number of hydrogen-bond donors (Lipinski definition) is 1. The van der Waals surface area contributed by atoms with Crippen molar-refractivity contribution in [1.82, 2.24) is 4.98 Å². The average molecular weight is 336 g/mol. The van der Waals surface area contributed by atoms with Gasteiger partial charge in [0.25, 0.3) is 0 Å². The Labute approximate surface area is 146 Å². The number of amides is 1. The molecule has 1 amide bonds. The Morgan fingerprint density at radius 2 is 1.80 bits per heavy atom. The predicted molar refractivity (Wildman–Crippen MR) is 98.2 cm³/mol. The first kappa shape index (κ1) is 16.8. The molecule has 0 aliphatic carbocycles. The summed E-state index contributed by atoms with van der Waals surface area (Å²) in [6.45, 7) is 0. The number of anilines is 1. The fourth-order valence-corrected chi connectivity index (χ4v) is 2.64. The molecule has 0 aliphatic rings. The van der Waals surface area contributed by atoms with Crippen LogP contribution < -0.4 is 14.8 Å².